The van der Waals surface area contributed by atoms with Gasteiger partial charge in [-0.3, -0.25) is 4.79 Å². The minimum Gasteiger partial charge on any atom is -0.334 e. The van der Waals surface area contributed by atoms with E-state index in [0.717, 1.165) is 6.42 Å². The van der Waals surface area contributed by atoms with Crippen molar-refractivity contribution in [1.82, 2.24) is 5.32 Å². The van der Waals surface area contributed by atoms with Crippen LogP contribution in [0, 0.1) is 22.7 Å². The van der Waals surface area contributed by atoms with Gasteiger partial charge in [-0.05, 0) is 31.5 Å². The molecule has 0 aliphatic carbocycles. The van der Waals surface area contributed by atoms with Gasteiger partial charge in [-0.25, -0.2) is 0 Å². The molecule has 4 heteroatoms. The molecule has 0 aliphatic heterocycles. The molecule has 1 aromatic rings. The number of carbonyl (C=O) groups excluding carboxylic acids is 1. The van der Waals surface area contributed by atoms with Crippen LogP contribution < -0.4 is 5.32 Å². The number of amides is 1. The minimum atomic E-state index is -0.867. The van der Waals surface area contributed by atoms with Crippen molar-refractivity contribution < 1.29 is 4.79 Å². The van der Waals surface area contributed by atoms with Crippen molar-refractivity contribution in [1.29, 1.82) is 10.5 Å². The summed E-state index contributed by atoms with van der Waals surface area (Å²) >= 11 is 0. The fourth-order valence-corrected chi connectivity index (χ4v) is 1.70. The zero-order valence-electron chi connectivity index (χ0n) is 10.5. The Morgan fingerprint density at radius 3 is 2.72 bits per heavy atom. The Morgan fingerprint density at radius 1 is 1.44 bits per heavy atom. The van der Waals surface area contributed by atoms with Gasteiger partial charge < -0.3 is 5.32 Å². The van der Waals surface area contributed by atoms with E-state index < -0.39 is 5.54 Å². The van der Waals surface area contributed by atoms with Crippen molar-refractivity contribution in [2.75, 3.05) is 0 Å². The molecular weight excluding hydrogens is 226 g/mol. The van der Waals surface area contributed by atoms with Crippen LogP contribution in [0.3, 0.4) is 0 Å². The Labute approximate surface area is 107 Å². The first-order chi connectivity index (χ1) is 8.54. The van der Waals surface area contributed by atoms with Crippen molar-refractivity contribution in [2.45, 2.75) is 32.2 Å². The molecule has 0 saturated carbocycles. The molecule has 0 radical (unpaired) electrons. The van der Waals surface area contributed by atoms with Gasteiger partial charge in [0, 0.05) is 5.56 Å². The molecule has 18 heavy (non-hydrogen) atoms. The van der Waals surface area contributed by atoms with Crippen LogP contribution in [0.1, 0.15) is 42.6 Å². The highest BCUT2D eigenvalue weighted by Crippen LogP contribution is 2.13. The Morgan fingerprint density at radius 2 is 2.17 bits per heavy atom. The number of carbonyl (C=O) groups is 1. The molecule has 0 heterocycles. The molecular formula is C14H15N3O. The first kappa shape index (κ1) is 13.7. The molecule has 0 saturated heterocycles. The topological polar surface area (TPSA) is 76.7 Å². The van der Waals surface area contributed by atoms with Crippen LogP contribution >= 0.6 is 0 Å². The van der Waals surface area contributed by atoms with E-state index in [1.165, 1.54) is 6.07 Å². The van der Waals surface area contributed by atoms with Gasteiger partial charge in [-0.1, -0.05) is 19.4 Å². The minimum absolute atomic E-state index is 0.329. The quantitative estimate of drug-likeness (QED) is 0.879. The summed E-state index contributed by atoms with van der Waals surface area (Å²) in [6.45, 7) is 3.65. The van der Waals surface area contributed by atoms with Gasteiger partial charge >= 0.3 is 0 Å². The van der Waals surface area contributed by atoms with Crippen LogP contribution in [0.4, 0.5) is 0 Å². The molecule has 0 aliphatic rings. The Balaban J connectivity index is 2.89. The molecule has 0 bridgehead atoms. The van der Waals surface area contributed by atoms with Crippen molar-refractivity contribution in [3.63, 3.8) is 0 Å². The molecule has 0 spiro atoms. The summed E-state index contributed by atoms with van der Waals surface area (Å²) in [4.78, 5) is 12.0. The molecule has 1 N–H and O–H groups in total. The Hall–Kier alpha value is -2.33. The second-order valence-electron chi connectivity index (χ2n) is 4.34. The van der Waals surface area contributed by atoms with Crippen molar-refractivity contribution in [3.8, 4) is 12.1 Å². The summed E-state index contributed by atoms with van der Waals surface area (Å²) in [5.41, 5.74) is -0.0440. The molecule has 1 rings (SSSR count). The number of hydrogen-bond acceptors (Lipinski definition) is 3. The maximum atomic E-state index is 12.0. The monoisotopic (exact) mass is 241 g/mol. The predicted molar refractivity (Wildman–Crippen MR) is 67.5 cm³/mol. The lowest BCUT2D eigenvalue weighted by Gasteiger charge is -2.22. The number of hydrogen-bond donors (Lipinski definition) is 1. The maximum Gasteiger partial charge on any atom is 0.252 e. The van der Waals surface area contributed by atoms with Crippen LogP contribution in [0.25, 0.3) is 0 Å². The molecule has 1 amide bonds. The van der Waals surface area contributed by atoms with E-state index in [1.54, 1.807) is 25.1 Å². The van der Waals surface area contributed by atoms with E-state index in [2.05, 4.69) is 11.4 Å². The van der Waals surface area contributed by atoms with Crippen LogP contribution in [-0.2, 0) is 0 Å². The normalized spacial score (nSPS) is 12.9. The predicted octanol–water partition coefficient (Wildman–Crippen LogP) is 2.37. The highest BCUT2D eigenvalue weighted by atomic mass is 16.1. The van der Waals surface area contributed by atoms with Gasteiger partial charge in [0.25, 0.3) is 5.91 Å². The van der Waals surface area contributed by atoms with E-state index in [1.807, 2.05) is 13.0 Å². The van der Waals surface area contributed by atoms with Gasteiger partial charge in [0.05, 0.1) is 17.7 Å². The zero-order valence-corrected chi connectivity index (χ0v) is 10.5. The zero-order chi connectivity index (χ0) is 13.6. The van der Waals surface area contributed by atoms with Crippen molar-refractivity contribution in [3.05, 3.63) is 35.4 Å². The maximum absolute atomic E-state index is 12.0. The first-order valence-corrected chi connectivity index (χ1v) is 5.78. The lowest BCUT2D eigenvalue weighted by molar-refractivity contribution is 0.0921. The van der Waals surface area contributed by atoms with E-state index >= 15 is 0 Å². The summed E-state index contributed by atoms with van der Waals surface area (Å²) in [7, 11) is 0. The van der Waals surface area contributed by atoms with Crippen molar-refractivity contribution in [2.24, 2.45) is 0 Å². The third kappa shape index (κ3) is 3.33. The van der Waals surface area contributed by atoms with Gasteiger partial charge in [0.2, 0.25) is 0 Å². The second kappa shape index (κ2) is 5.84. The van der Waals surface area contributed by atoms with E-state index in [4.69, 9.17) is 10.5 Å². The third-order valence-electron chi connectivity index (χ3n) is 2.64. The van der Waals surface area contributed by atoms with Crippen LogP contribution in [0.15, 0.2) is 24.3 Å². The molecule has 0 aromatic heterocycles. The second-order valence-corrected chi connectivity index (χ2v) is 4.34. The van der Waals surface area contributed by atoms with Crippen LogP contribution in [-0.4, -0.2) is 11.4 Å². The first-order valence-electron chi connectivity index (χ1n) is 5.78. The Kier molecular flexibility index (Phi) is 4.45. The molecule has 4 nitrogen and oxygen atoms in total. The smallest absolute Gasteiger partial charge is 0.252 e. The van der Waals surface area contributed by atoms with Crippen LogP contribution in [0.2, 0.25) is 0 Å². The molecule has 1 aromatic carbocycles. The number of nitrogens with zero attached hydrogens (tertiary/aromatic N) is 2. The van der Waals surface area contributed by atoms with Gasteiger partial charge in [-0.2, -0.15) is 10.5 Å². The highest BCUT2D eigenvalue weighted by molar-refractivity contribution is 5.95. The van der Waals surface area contributed by atoms with E-state index in [0.29, 0.717) is 17.5 Å². The fraction of sp³-hybridized carbons (Fsp3) is 0.357. The summed E-state index contributed by atoms with van der Waals surface area (Å²) in [5.74, 6) is -0.329. The molecule has 1 atom stereocenters. The Bertz CT molecular complexity index is 525. The average molecular weight is 241 g/mol. The summed E-state index contributed by atoms with van der Waals surface area (Å²) in [6.07, 6.45) is 1.40. The number of rotatable bonds is 4. The highest BCUT2D eigenvalue weighted by Gasteiger charge is 2.25. The SMILES string of the molecule is CCCC(C)(C#N)NC(=O)c1cccc(C#N)c1. The molecule has 0 fully saturated rings. The third-order valence-corrected chi connectivity index (χ3v) is 2.64. The molecule has 92 valence electrons. The standard InChI is InChI=1S/C14H15N3O/c1-3-7-14(2,10-16)17-13(18)12-6-4-5-11(8-12)9-15/h4-6,8H,3,7H2,1-2H3,(H,17,18). The van der Waals surface area contributed by atoms with Gasteiger partial charge in [-0.15, -0.1) is 0 Å². The van der Waals surface area contributed by atoms with E-state index in [-0.39, 0.29) is 5.91 Å². The van der Waals surface area contributed by atoms with Crippen LogP contribution in [0.5, 0.6) is 0 Å². The average Bonchev–Trinajstić information content (AvgIpc) is 2.39. The van der Waals surface area contributed by atoms with Gasteiger partial charge in [0.1, 0.15) is 5.54 Å². The van der Waals surface area contributed by atoms with Crippen molar-refractivity contribution >= 4 is 5.91 Å². The number of nitrogens with one attached hydrogen (secondary N) is 1. The molecule has 1 unspecified atom stereocenters. The fourth-order valence-electron chi connectivity index (χ4n) is 1.70. The summed E-state index contributed by atoms with van der Waals surface area (Å²) in [6, 6.07) is 10.5. The van der Waals surface area contributed by atoms with Gasteiger partial charge in [0.15, 0.2) is 0 Å². The summed E-state index contributed by atoms with van der Waals surface area (Å²) < 4.78 is 0. The van der Waals surface area contributed by atoms with E-state index in [9.17, 15) is 4.79 Å². The number of benzene rings is 1. The lowest BCUT2D eigenvalue weighted by Crippen LogP contribution is -2.44. The summed E-state index contributed by atoms with van der Waals surface area (Å²) in [5, 5.41) is 20.6. The number of nitriles is 2. The lowest BCUT2D eigenvalue weighted by atomic mass is 9.97. The largest absolute Gasteiger partial charge is 0.334 e.